The molecule has 0 unspecified atom stereocenters. The van der Waals surface area contributed by atoms with Gasteiger partial charge in [-0.1, -0.05) is 0 Å². The molecule has 2 heterocycles. The number of hydrogen-bond donors (Lipinski definition) is 0. The van der Waals surface area contributed by atoms with Gasteiger partial charge in [-0.05, 0) is 20.8 Å². The summed E-state index contributed by atoms with van der Waals surface area (Å²) < 4.78 is 1.64. The Bertz CT molecular complexity index is 525. The van der Waals surface area contributed by atoms with Crippen LogP contribution in [-0.4, -0.2) is 26.0 Å². The zero-order valence-corrected chi connectivity index (χ0v) is 9.43. The molecule has 0 radical (unpaired) electrons. The van der Waals surface area contributed by atoms with Crippen molar-refractivity contribution in [3.63, 3.8) is 0 Å². The highest BCUT2D eigenvalue weighted by Gasteiger charge is 2.09. The van der Waals surface area contributed by atoms with Crippen molar-refractivity contribution in [2.24, 2.45) is 0 Å². The van der Waals surface area contributed by atoms with Crippen LogP contribution >= 0.6 is 0 Å². The lowest BCUT2D eigenvalue weighted by atomic mass is 10.3. The van der Waals surface area contributed by atoms with Crippen LogP contribution in [0.25, 0.3) is 5.82 Å². The third-order valence-electron chi connectivity index (χ3n) is 2.34. The van der Waals surface area contributed by atoms with Crippen LogP contribution in [0.1, 0.15) is 27.6 Å². The number of aromatic nitrogens is 4. The SMILES string of the molecule is Cc1cc(-n2ncc(C=O)c2C)nc(C)n1. The maximum Gasteiger partial charge on any atom is 0.157 e. The summed E-state index contributed by atoms with van der Waals surface area (Å²) in [5.74, 6) is 1.38. The molecule has 82 valence electrons. The molecule has 2 aromatic heterocycles. The van der Waals surface area contributed by atoms with Crippen molar-refractivity contribution in [2.45, 2.75) is 20.8 Å². The Kier molecular flexibility index (Phi) is 2.52. The molecule has 0 bridgehead atoms. The minimum Gasteiger partial charge on any atom is -0.298 e. The molecule has 0 aliphatic heterocycles. The number of carbonyl (C=O) groups excluding carboxylic acids is 1. The fraction of sp³-hybridized carbons (Fsp3) is 0.273. The maximum absolute atomic E-state index is 10.7. The fourth-order valence-corrected chi connectivity index (χ4v) is 1.57. The summed E-state index contributed by atoms with van der Waals surface area (Å²) >= 11 is 0. The van der Waals surface area contributed by atoms with Gasteiger partial charge in [0.1, 0.15) is 5.82 Å². The molecule has 0 atom stereocenters. The van der Waals surface area contributed by atoms with Gasteiger partial charge in [-0.25, -0.2) is 14.6 Å². The van der Waals surface area contributed by atoms with Crippen LogP contribution in [0.3, 0.4) is 0 Å². The predicted octanol–water partition coefficient (Wildman–Crippen LogP) is 1.40. The zero-order chi connectivity index (χ0) is 11.7. The van der Waals surface area contributed by atoms with Gasteiger partial charge in [-0.2, -0.15) is 5.10 Å². The molecule has 0 aliphatic rings. The van der Waals surface area contributed by atoms with Crippen LogP contribution < -0.4 is 0 Å². The highest BCUT2D eigenvalue weighted by molar-refractivity contribution is 5.76. The van der Waals surface area contributed by atoms with Crippen molar-refractivity contribution < 1.29 is 4.79 Å². The van der Waals surface area contributed by atoms with E-state index in [0.29, 0.717) is 17.2 Å². The van der Waals surface area contributed by atoms with Gasteiger partial charge >= 0.3 is 0 Å². The fourth-order valence-electron chi connectivity index (χ4n) is 1.57. The summed E-state index contributed by atoms with van der Waals surface area (Å²) in [6, 6.07) is 1.83. The van der Waals surface area contributed by atoms with Gasteiger partial charge in [0, 0.05) is 11.8 Å². The Morgan fingerprint density at radius 2 is 2.00 bits per heavy atom. The normalized spacial score (nSPS) is 10.4. The molecule has 0 spiro atoms. The molecular formula is C11H12N4O. The number of nitrogens with zero attached hydrogens (tertiary/aromatic N) is 4. The van der Waals surface area contributed by atoms with E-state index < -0.39 is 0 Å². The molecular weight excluding hydrogens is 204 g/mol. The van der Waals surface area contributed by atoms with Crippen molar-refractivity contribution in [3.8, 4) is 5.82 Å². The molecule has 0 saturated heterocycles. The van der Waals surface area contributed by atoms with E-state index in [1.165, 1.54) is 6.20 Å². The molecule has 0 N–H and O–H groups in total. The van der Waals surface area contributed by atoms with E-state index in [0.717, 1.165) is 17.7 Å². The van der Waals surface area contributed by atoms with E-state index >= 15 is 0 Å². The van der Waals surface area contributed by atoms with Crippen molar-refractivity contribution in [1.29, 1.82) is 0 Å². The van der Waals surface area contributed by atoms with E-state index in [1.54, 1.807) is 4.68 Å². The molecule has 0 aliphatic carbocycles. The lowest BCUT2D eigenvalue weighted by Crippen LogP contribution is -2.05. The molecule has 2 rings (SSSR count). The molecule has 0 aromatic carbocycles. The number of rotatable bonds is 2. The van der Waals surface area contributed by atoms with Crippen LogP contribution in [0.2, 0.25) is 0 Å². The highest BCUT2D eigenvalue weighted by atomic mass is 16.1. The van der Waals surface area contributed by atoms with Crippen molar-refractivity contribution in [2.75, 3.05) is 0 Å². The van der Waals surface area contributed by atoms with E-state index in [1.807, 2.05) is 26.8 Å². The first-order valence-electron chi connectivity index (χ1n) is 4.94. The molecule has 0 fully saturated rings. The molecule has 0 amide bonds. The third kappa shape index (κ3) is 1.71. The minimum absolute atomic E-state index is 0.578. The minimum atomic E-state index is 0.578. The average Bonchev–Trinajstić information content (AvgIpc) is 2.58. The van der Waals surface area contributed by atoms with Crippen LogP contribution in [-0.2, 0) is 0 Å². The Labute approximate surface area is 93.2 Å². The summed E-state index contributed by atoms with van der Waals surface area (Å²) in [5.41, 5.74) is 2.24. The lowest BCUT2D eigenvalue weighted by molar-refractivity contribution is 0.112. The average molecular weight is 216 g/mol. The smallest absolute Gasteiger partial charge is 0.157 e. The number of aldehydes is 1. The second-order valence-electron chi connectivity index (χ2n) is 3.63. The molecule has 16 heavy (non-hydrogen) atoms. The number of aryl methyl sites for hydroxylation is 2. The summed E-state index contributed by atoms with van der Waals surface area (Å²) in [5, 5.41) is 4.13. The van der Waals surface area contributed by atoms with E-state index in [-0.39, 0.29) is 0 Å². The zero-order valence-electron chi connectivity index (χ0n) is 9.43. The Morgan fingerprint density at radius 3 is 2.56 bits per heavy atom. The van der Waals surface area contributed by atoms with Crippen molar-refractivity contribution in [3.05, 3.63) is 35.0 Å². The van der Waals surface area contributed by atoms with Gasteiger partial charge in [0.15, 0.2) is 12.1 Å². The van der Waals surface area contributed by atoms with Crippen molar-refractivity contribution >= 4 is 6.29 Å². The monoisotopic (exact) mass is 216 g/mol. The summed E-state index contributed by atoms with van der Waals surface area (Å²) in [7, 11) is 0. The quantitative estimate of drug-likeness (QED) is 0.712. The molecule has 5 heteroatoms. The first-order chi connectivity index (χ1) is 7.61. The van der Waals surface area contributed by atoms with Gasteiger partial charge in [-0.15, -0.1) is 0 Å². The van der Waals surface area contributed by atoms with E-state index in [9.17, 15) is 4.79 Å². The Hall–Kier alpha value is -2.04. The Balaban J connectivity index is 2.58. The van der Waals surface area contributed by atoms with Crippen LogP contribution in [0, 0.1) is 20.8 Å². The van der Waals surface area contributed by atoms with Gasteiger partial charge in [0.25, 0.3) is 0 Å². The molecule has 0 saturated carbocycles. The summed E-state index contributed by atoms with van der Waals surface area (Å²) in [4.78, 5) is 19.2. The van der Waals surface area contributed by atoms with Gasteiger partial charge in [0.05, 0.1) is 17.5 Å². The lowest BCUT2D eigenvalue weighted by Gasteiger charge is -2.05. The maximum atomic E-state index is 10.7. The second-order valence-corrected chi connectivity index (χ2v) is 3.63. The molecule has 2 aromatic rings. The largest absolute Gasteiger partial charge is 0.298 e. The second kappa shape index (κ2) is 3.84. The van der Waals surface area contributed by atoms with Gasteiger partial charge < -0.3 is 0 Å². The third-order valence-corrected chi connectivity index (χ3v) is 2.34. The van der Waals surface area contributed by atoms with Gasteiger partial charge in [0.2, 0.25) is 0 Å². The standard InChI is InChI=1S/C11H12N4O/c1-7-4-11(14-9(3)13-7)15-8(2)10(6-16)5-12-15/h4-6H,1-3H3. The van der Waals surface area contributed by atoms with Crippen LogP contribution in [0.15, 0.2) is 12.3 Å². The van der Waals surface area contributed by atoms with Crippen LogP contribution in [0.4, 0.5) is 0 Å². The first-order valence-corrected chi connectivity index (χ1v) is 4.94. The summed E-state index contributed by atoms with van der Waals surface area (Å²) in [6.45, 7) is 5.57. The Morgan fingerprint density at radius 1 is 1.25 bits per heavy atom. The topological polar surface area (TPSA) is 60.7 Å². The highest BCUT2D eigenvalue weighted by Crippen LogP contribution is 2.11. The summed E-state index contributed by atoms with van der Waals surface area (Å²) in [6.07, 6.45) is 2.33. The van der Waals surface area contributed by atoms with Gasteiger partial charge in [-0.3, -0.25) is 4.79 Å². The predicted molar refractivity (Wildman–Crippen MR) is 58.8 cm³/mol. The van der Waals surface area contributed by atoms with Crippen LogP contribution in [0.5, 0.6) is 0 Å². The number of hydrogen-bond acceptors (Lipinski definition) is 4. The van der Waals surface area contributed by atoms with Crippen molar-refractivity contribution in [1.82, 2.24) is 19.7 Å². The first kappa shape index (κ1) is 10.5. The van der Waals surface area contributed by atoms with E-state index in [4.69, 9.17) is 0 Å². The molecule has 5 nitrogen and oxygen atoms in total. The van der Waals surface area contributed by atoms with E-state index in [2.05, 4.69) is 15.1 Å². The number of carbonyl (C=O) groups is 1.